The van der Waals surface area contributed by atoms with Crippen LogP contribution in [0.25, 0.3) is 11.0 Å². The van der Waals surface area contributed by atoms with E-state index in [0.29, 0.717) is 43.7 Å². The molecular weight excluding hydrogens is 374 g/mol. The second-order valence-electron chi connectivity index (χ2n) is 6.74. The largest absolute Gasteiger partial charge is 0.324 e. The van der Waals surface area contributed by atoms with Gasteiger partial charge in [0, 0.05) is 26.2 Å². The average molecular weight is 396 g/mol. The van der Waals surface area contributed by atoms with E-state index in [2.05, 4.69) is 14.1 Å². The number of hydrogen-bond donors (Lipinski definition) is 1. The lowest BCUT2D eigenvalue weighted by molar-refractivity contribution is -0.120. The fourth-order valence-corrected chi connectivity index (χ4v) is 5.91. The molecule has 140 valence electrons. The van der Waals surface area contributed by atoms with Gasteiger partial charge in [-0.15, -0.1) is 0 Å². The minimum Gasteiger partial charge on any atom is -0.324 e. The first-order valence-electron chi connectivity index (χ1n) is 8.83. The highest BCUT2D eigenvalue weighted by Gasteiger charge is 2.36. The normalized spacial score (nSPS) is 22.7. The lowest BCUT2D eigenvalue weighted by atomic mass is 9.98. The Morgan fingerprint density at radius 3 is 2.69 bits per heavy atom. The molecule has 0 unspecified atom stereocenters. The van der Waals surface area contributed by atoms with E-state index < -0.39 is 10.2 Å². The summed E-state index contributed by atoms with van der Waals surface area (Å²) >= 11 is 1.10. The number of nitrogens with zero attached hydrogens (tertiary/aromatic N) is 4. The van der Waals surface area contributed by atoms with E-state index in [-0.39, 0.29) is 18.4 Å². The third-order valence-corrected chi connectivity index (χ3v) is 7.56. The number of hydrogen-bond acceptors (Lipinski definition) is 6. The Balaban J connectivity index is 1.47. The van der Waals surface area contributed by atoms with Crippen LogP contribution in [-0.4, -0.2) is 57.9 Å². The second kappa shape index (κ2) is 7.18. The van der Waals surface area contributed by atoms with E-state index in [4.69, 9.17) is 0 Å². The fourth-order valence-electron chi connectivity index (χ4n) is 3.59. The molecule has 3 heterocycles. The SMILES string of the molecule is O=C(Nc1cccc2nsnc12)[C@H]1CCCN(S(=O)(=O)N2CCCC2)C1. The molecule has 0 bridgehead atoms. The maximum Gasteiger partial charge on any atom is 0.281 e. The third kappa shape index (κ3) is 3.34. The van der Waals surface area contributed by atoms with Crippen LogP contribution in [0.2, 0.25) is 0 Å². The van der Waals surface area contributed by atoms with Gasteiger partial charge in [0.15, 0.2) is 0 Å². The Hall–Kier alpha value is -1.62. The van der Waals surface area contributed by atoms with Crippen LogP contribution >= 0.6 is 11.7 Å². The molecular formula is C16H21N5O3S2. The van der Waals surface area contributed by atoms with Crippen LogP contribution in [0.3, 0.4) is 0 Å². The molecule has 1 atom stereocenters. The molecule has 4 rings (SSSR count). The number of nitrogens with one attached hydrogen (secondary N) is 1. The predicted octanol–water partition coefficient (Wildman–Crippen LogP) is 1.68. The Labute approximate surface area is 156 Å². The van der Waals surface area contributed by atoms with Crippen LogP contribution in [0.15, 0.2) is 18.2 Å². The molecule has 2 fully saturated rings. The van der Waals surface area contributed by atoms with Crippen LogP contribution in [0.1, 0.15) is 25.7 Å². The summed E-state index contributed by atoms with van der Waals surface area (Å²) in [6.07, 6.45) is 3.18. The molecule has 2 aromatic rings. The number of anilines is 1. The van der Waals surface area contributed by atoms with Crippen molar-refractivity contribution in [1.29, 1.82) is 0 Å². The van der Waals surface area contributed by atoms with Crippen molar-refractivity contribution in [2.24, 2.45) is 5.92 Å². The van der Waals surface area contributed by atoms with Crippen LogP contribution in [-0.2, 0) is 15.0 Å². The Morgan fingerprint density at radius 1 is 1.12 bits per heavy atom. The van der Waals surface area contributed by atoms with Gasteiger partial charge in [-0.25, -0.2) is 0 Å². The predicted molar refractivity (Wildman–Crippen MR) is 100 cm³/mol. The summed E-state index contributed by atoms with van der Waals surface area (Å²) in [5.74, 6) is -0.519. The maximum atomic E-state index is 12.8. The summed E-state index contributed by atoms with van der Waals surface area (Å²) in [5.41, 5.74) is 2.04. The standard InChI is InChI=1S/C16H21N5O3S2/c22-16(17-13-6-3-7-14-15(13)19-25-18-14)12-5-4-10-21(11-12)26(23,24)20-8-1-2-9-20/h3,6-7,12H,1-2,4-5,8-11H2,(H,17,22)/t12-/m0/s1. The Kier molecular flexibility index (Phi) is 4.91. The molecule has 2 aliphatic heterocycles. The van der Waals surface area contributed by atoms with Crippen LogP contribution in [0.5, 0.6) is 0 Å². The highest BCUT2D eigenvalue weighted by atomic mass is 32.2. The van der Waals surface area contributed by atoms with E-state index in [1.807, 2.05) is 12.1 Å². The van der Waals surface area contributed by atoms with Crippen molar-refractivity contribution in [1.82, 2.24) is 17.4 Å². The Morgan fingerprint density at radius 2 is 1.88 bits per heavy atom. The van der Waals surface area contributed by atoms with Gasteiger partial charge in [-0.2, -0.15) is 25.8 Å². The zero-order chi connectivity index (χ0) is 18.1. The molecule has 8 nitrogen and oxygen atoms in total. The highest BCUT2D eigenvalue weighted by molar-refractivity contribution is 7.86. The first-order chi connectivity index (χ1) is 12.6. The van der Waals surface area contributed by atoms with Gasteiger partial charge in [0.1, 0.15) is 11.0 Å². The monoisotopic (exact) mass is 395 g/mol. The van der Waals surface area contributed by atoms with Gasteiger partial charge in [0.05, 0.1) is 23.3 Å². The molecule has 0 saturated carbocycles. The van der Waals surface area contributed by atoms with Gasteiger partial charge in [-0.1, -0.05) is 6.07 Å². The molecule has 1 aromatic heterocycles. The first-order valence-corrected chi connectivity index (χ1v) is 11.0. The number of amides is 1. The molecule has 2 aliphatic rings. The molecule has 10 heteroatoms. The van der Waals surface area contributed by atoms with Gasteiger partial charge >= 0.3 is 0 Å². The molecule has 26 heavy (non-hydrogen) atoms. The van der Waals surface area contributed by atoms with Gasteiger partial charge in [-0.05, 0) is 37.8 Å². The number of benzene rings is 1. The minimum absolute atomic E-state index is 0.160. The molecule has 1 amide bonds. The lowest BCUT2D eigenvalue weighted by Crippen LogP contribution is -2.49. The van der Waals surface area contributed by atoms with Crippen molar-refractivity contribution >= 4 is 44.6 Å². The number of piperidine rings is 1. The number of carbonyl (C=O) groups is 1. The van der Waals surface area contributed by atoms with E-state index in [1.165, 1.54) is 8.61 Å². The van der Waals surface area contributed by atoms with Crippen molar-refractivity contribution in [3.8, 4) is 0 Å². The van der Waals surface area contributed by atoms with Gasteiger partial charge in [-0.3, -0.25) is 4.79 Å². The second-order valence-corrected chi connectivity index (χ2v) is 9.19. The number of fused-ring (bicyclic) bond motifs is 1. The number of rotatable bonds is 4. The zero-order valence-electron chi connectivity index (χ0n) is 14.3. The summed E-state index contributed by atoms with van der Waals surface area (Å²) in [5, 5.41) is 2.91. The maximum absolute atomic E-state index is 12.8. The third-order valence-electron chi connectivity index (χ3n) is 5.02. The smallest absolute Gasteiger partial charge is 0.281 e. The first kappa shape index (κ1) is 17.8. The number of carbonyl (C=O) groups excluding carboxylic acids is 1. The fraction of sp³-hybridized carbons (Fsp3) is 0.562. The topological polar surface area (TPSA) is 95.5 Å². The summed E-state index contributed by atoms with van der Waals surface area (Å²) in [6, 6.07) is 5.47. The molecule has 2 saturated heterocycles. The van der Waals surface area contributed by atoms with E-state index in [1.54, 1.807) is 6.07 Å². The number of aromatic nitrogens is 2. The van der Waals surface area contributed by atoms with Crippen molar-refractivity contribution in [2.75, 3.05) is 31.5 Å². The van der Waals surface area contributed by atoms with Crippen molar-refractivity contribution in [3.05, 3.63) is 18.2 Å². The van der Waals surface area contributed by atoms with Crippen molar-refractivity contribution < 1.29 is 13.2 Å². The molecule has 0 radical (unpaired) electrons. The van der Waals surface area contributed by atoms with Gasteiger partial charge < -0.3 is 5.32 Å². The van der Waals surface area contributed by atoms with E-state index in [9.17, 15) is 13.2 Å². The zero-order valence-corrected chi connectivity index (χ0v) is 15.9. The summed E-state index contributed by atoms with van der Waals surface area (Å²) in [6.45, 7) is 1.87. The Bertz CT molecular complexity index is 908. The molecule has 0 spiro atoms. The van der Waals surface area contributed by atoms with Crippen molar-refractivity contribution in [2.45, 2.75) is 25.7 Å². The summed E-state index contributed by atoms with van der Waals surface area (Å²) < 4.78 is 36.9. The van der Waals surface area contributed by atoms with Crippen molar-refractivity contribution in [3.63, 3.8) is 0 Å². The highest BCUT2D eigenvalue weighted by Crippen LogP contribution is 2.26. The van der Waals surface area contributed by atoms with E-state index >= 15 is 0 Å². The lowest BCUT2D eigenvalue weighted by Gasteiger charge is -2.33. The van der Waals surface area contributed by atoms with Crippen LogP contribution in [0, 0.1) is 5.92 Å². The molecule has 1 aromatic carbocycles. The van der Waals surface area contributed by atoms with Gasteiger partial charge in [0.25, 0.3) is 10.2 Å². The van der Waals surface area contributed by atoms with E-state index in [0.717, 1.165) is 30.1 Å². The quantitative estimate of drug-likeness (QED) is 0.850. The molecule has 0 aliphatic carbocycles. The van der Waals surface area contributed by atoms with Crippen LogP contribution < -0.4 is 5.32 Å². The summed E-state index contributed by atoms with van der Waals surface area (Å²) in [4.78, 5) is 12.7. The molecule has 1 N–H and O–H groups in total. The average Bonchev–Trinajstić information content (AvgIpc) is 3.34. The minimum atomic E-state index is -3.46. The van der Waals surface area contributed by atoms with Crippen LogP contribution in [0.4, 0.5) is 5.69 Å². The summed E-state index contributed by atoms with van der Waals surface area (Å²) in [7, 11) is -3.46. The van der Waals surface area contributed by atoms with Gasteiger partial charge in [0.2, 0.25) is 5.91 Å².